The molecule has 0 amide bonds. The summed E-state index contributed by atoms with van der Waals surface area (Å²) in [4.78, 5) is 14.3. The first-order valence-corrected chi connectivity index (χ1v) is 6.52. The molecule has 0 radical (unpaired) electrons. The molecule has 2 rings (SSSR count). The summed E-state index contributed by atoms with van der Waals surface area (Å²) in [5.74, 6) is 0. The second-order valence-corrected chi connectivity index (χ2v) is 5.02. The van der Waals surface area contributed by atoms with E-state index in [1.54, 1.807) is 6.20 Å². The van der Waals surface area contributed by atoms with E-state index in [2.05, 4.69) is 10.3 Å². The number of rotatable bonds is 4. The van der Waals surface area contributed by atoms with E-state index in [-0.39, 0.29) is 15.7 Å². The number of nitrogens with zero attached hydrogens (tertiary/aromatic N) is 2. The van der Waals surface area contributed by atoms with Gasteiger partial charge >= 0.3 is 0 Å². The minimum Gasteiger partial charge on any atom is -0.378 e. The standard InChI is InChI=1S/C13H11Cl2N3O2/c1-8-2-3-9(6-16-8)7-17-13-11(14)4-10(18(19)20)5-12(13)15/h2-6,17H,7H2,1H3. The van der Waals surface area contributed by atoms with Crippen LogP contribution in [0.25, 0.3) is 0 Å². The van der Waals surface area contributed by atoms with Crippen LogP contribution < -0.4 is 5.32 Å². The Morgan fingerprint density at radius 1 is 1.30 bits per heavy atom. The number of non-ortho nitro benzene ring substituents is 1. The molecule has 1 aromatic heterocycles. The molecule has 0 bridgehead atoms. The van der Waals surface area contributed by atoms with Gasteiger partial charge in [0, 0.05) is 30.6 Å². The molecule has 0 aliphatic carbocycles. The zero-order valence-electron chi connectivity index (χ0n) is 10.6. The van der Waals surface area contributed by atoms with Crippen LogP contribution in [0.5, 0.6) is 0 Å². The minimum absolute atomic E-state index is 0.137. The Morgan fingerprint density at radius 2 is 1.95 bits per heavy atom. The van der Waals surface area contributed by atoms with Crippen LogP contribution in [-0.2, 0) is 6.54 Å². The first kappa shape index (κ1) is 14.6. The minimum atomic E-state index is -0.536. The maximum atomic E-state index is 10.7. The van der Waals surface area contributed by atoms with Crippen molar-refractivity contribution in [2.24, 2.45) is 0 Å². The second-order valence-electron chi connectivity index (χ2n) is 4.20. The number of nitrogens with one attached hydrogen (secondary N) is 1. The second kappa shape index (κ2) is 6.07. The third kappa shape index (κ3) is 3.37. The Labute approximate surface area is 125 Å². The Hall–Kier alpha value is -1.85. The van der Waals surface area contributed by atoms with Crippen molar-refractivity contribution in [2.75, 3.05) is 5.32 Å². The highest BCUT2D eigenvalue weighted by molar-refractivity contribution is 6.39. The molecule has 0 spiro atoms. The molecule has 0 saturated heterocycles. The highest BCUT2D eigenvalue weighted by atomic mass is 35.5. The predicted octanol–water partition coefficient (Wildman–Crippen LogP) is 4.22. The summed E-state index contributed by atoms with van der Waals surface area (Å²) in [6, 6.07) is 6.37. The molecule has 0 fully saturated rings. The molecule has 104 valence electrons. The largest absolute Gasteiger partial charge is 0.378 e. The molecule has 1 heterocycles. The fraction of sp³-hybridized carbons (Fsp3) is 0.154. The van der Waals surface area contributed by atoms with Crippen molar-refractivity contribution < 1.29 is 4.92 Å². The van der Waals surface area contributed by atoms with Crippen LogP contribution in [0.1, 0.15) is 11.3 Å². The fourth-order valence-electron chi connectivity index (χ4n) is 1.63. The van der Waals surface area contributed by atoms with E-state index in [4.69, 9.17) is 23.2 Å². The van der Waals surface area contributed by atoms with E-state index in [1.165, 1.54) is 12.1 Å². The van der Waals surface area contributed by atoms with Crippen LogP contribution in [0.15, 0.2) is 30.5 Å². The normalized spacial score (nSPS) is 10.3. The lowest BCUT2D eigenvalue weighted by atomic mass is 10.2. The van der Waals surface area contributed by atoms with Crippen LogP contribution in [0.3, 0.4) is 0 Å². The van der Waals surface area contributed by atoms with E-state index in [1.807, 2.05) is 19.1 Å². The molecular weight excluding hydrogens is 301 g/mol. The van der Waals surface area contributed by atoms with Gasteiger partial charge in [-0.05, 0) is 18.6 Å². The van der Waals surface area contributed by atoms with E-state index < -0.39 is 4.92 Å². The maximum absolute atomic E-state index is 10.7. The molecule has 5 nitrogen and oxygen atoms in total. The van der Waals surface area contributed by atoms with Gasteiger partial charge in [0.25, 0.3) is 5.69 Å². The van der Waals surface area contributed by atoms with Crippen molar-refractivity contribution in [3.05, 3.63) is 61.9 Å². The van der Waals surface area contributed by atoms with Gasteiger partial charge in [0.1, 0.15) is 0 Å². The summed E-state index contributed by atoms with van der Waals surface area (Å²) in [6.07, 6.45) is 1.75. The van der Waals surface area contributed by atoms with Gasteiger partial charge in [-0.3, -0.25) is 15.1 Å². The van der Waals surface area contributed by atoms with Crippen molar-refractivity contribution in [3.63, 3.8) is 0 Å². The summed E-state index contributed by atoms with van der Waals surface area (Å²) in [6.45, 7) is 2.38. The van der Waals surface area contributed by atoms with Crippen molar-refractivity contribution >= 4 is 34.6 Å². The molecule has 0 saturated carbocycles. The Kier molecular flexibility index (Phi) is 4.42. The lowest BCUT2D eigenvalue weighted by molar-refractivity contribution is -0.384. The maximum Gasteiger partial charge on any atom is 0.272 e. The lowest BCUT2D eigenvalue weighted by Crippen LogP contribution is -2.02. The number of pyridine rings is 1. The average Bonchev–Trinajstić information content (AvgIpc) is 2.39. The average molecular weight is 312 g/mol. The monoisotopic (exact) mass is 311 g/mol. The zero-order valence-corrected chi connectivity index (χ0v) is 12.1. The van der Waals surface area contributed by atoms with Gasteiger partial charge in [-0.1, -0.05) is 29.3 Å². The van der Waals surface area contributed by atoms with Crippen molar-refractivity contribution in [1.82, 2.24) is 4.98 Å². The van der Waals surface area contributed by atoms with Crippen LogP contribution in [0.4, 0.5) is 11.4 Å². The van der Waals surface area contributed by atoms with Crippen molar-refractivity contribution in [1.29, 1.82) is 0 Å². The van der Waals surface area contributed by atoms with Gasteiger partial charge < -0.3 is 5.32 Å². The van der Waals surface area contributed by atoms with Gasteiger partial charge in [-0.2, -0.15) is 0 Å². The number of hydrogen-bond acceptors (Lipinski definition) is 4. The quantitative estimate of drug-likeness (QED) is 0.678. The Balaban J connectivity index is 2.17. The molecule has 0 aliphatic heterocycles. The number of aromatic nitrogens is 1. The van der Waals surface area contributed by atoms with Gasteiger partial charge in [0.15, 0.2) is 0 Å². The number of aryl methyl sites for hydroxylation is 1. The molecule has 1 N–H and O–H groups in total. The molecule has 7 heteroatoms. The molecule has 2 aromatic rings. The summed E-state index contributed by atoms with van der Waals surface area (Å²) < 4.78 is 0. The highest BCUT2D eigenvalue weighted by Gasteiger charge is 2.14. The number of halogens is 2. The van der Waals surface area contributed by atoms with Crippen LogP contribution >= 0.6 is 23.2 Å². The molecule has 20 heavy (non-hydrogen) atoms. The third-order valence-electron chi connectivity index (χ3n) is 2.68. The number of nitro benzene ring substituents is 1. The highest BCUT2D eigenvalue weighted by Crippen LogP contribution is 2.34. The summed E-state index contributed by atoms with van der Waals surface area (Å²) >= 11 is 12.0. The molecule has 1 aromatic carbocycles. The first-order chi connectivity index (χ1) is 9.47. The van der Waals surface area contributed by atoms with E-state index in [0.29, 0.717) is 12.2 Å². The number of hydrogen-bond donors (Lipinski definition) is 1. The van der Waals surface area contributed by atoms with Gasteiger partial charge in [-0.25, -0.2) is 0 Å². The number of anilines is 1. The molecular formula is C13H11Cl2N3O2. The fourth-order valence-corrected chi connectivity index (χ4v) is 2.24. The first-order valence-electron chi connectivity index (χ1n) is 5.76. The lowest BCUT2D eigenvalue weighted by Gasteiger charge is -2.10. The smallest absolute Gasteiger partial charge is 0.272 e. The summed E-state index contributed by atoms with van der Waals surface area (Å²) in [7, 11) is 0. The van der Waals surface area contributed by atoms with Crippen LogP contribution in [-0.4, -0.2) is 9.91 Å². The topological polar surface area (TPSA) is 68.1 Å². The van der Waals surface area contributed by atoms with Gasteiger partial charge in [0.05, 0.1) is 20.7 Å². The molecule has 0 atom stereocenters. The predicted molar refractivity (Wildman–Crippen MR) is 79.4 cm³/mol. The van der Waals surface area contributed by atoms with E-state index >= 15 is 0 Å². The van der Waals surface area contributed by atoms with Crippen molar-refractivity contribution in [3.8, 4) is 0 Å². The van der Waals surface area contributed by atoms with E-state index in [9.17, 15) is 10.1 Å². The third-order valence-corrected chi connectivity index (χ3v) is 3.28. The van der Waals surface area contributed by atoms with Gasteiger partial charge in [-0.15, -0.1) is 0 Å². The van der Waals surface area contributed by atoms with Gasteiger partial charge in [0.2, 0.25) is 0 Å². The number of nitro groups is 1. The summed E-state index contributed by atoms with van der Waals surface area (Å²) in [5.41, 5.74) is 2.23. The Morgan fingerprint density at radius 3 is 2.45 bits per heavy atom. The van der Waals surface area contributed by atoms with Crippen LogP contribution in [0.2, 0.25) is 10.0 Å². The Bertz CT molecular complexity index is 622. The molecule has 0 unspecified atom stereocenters. The number of benzene rings is 1. The zero-order chi connectivity index (χ0) is 14.7. The van der Waals surface area contributed by atoms with Crippen molar-refractivity contribution in [2.45, 2.75) is 13.5 Å². The SMILES string of the molecule is Cc1ccc(CNc2c(Cl)cc([N+](=O)[O-])cc2Cl)cn1. The van der Waals surface area contributed by atoms with Crippen LogP contribution in [0, 0.1) is 17.0 Å². The molecule has 0 aliphatic rings. The summed E-state index contributed by atoms with van der Waals surface area (Å²) in [5, 5.41) is 14.2. The van der Waals surface area contributed by atoms with E-state index in [0.717, 1.165) is 11.3 Å².